The van der Waals surface area contributed by atoms with Gasteiger partial charge in [0.1, 0.15) is 0 Å². The Morgan fingerprint density at radius 2 is 2.22 bits per heavy atom. The number of carbonyl (C=O) groups is 1. The highest BCUT2D eigenvalue weighted by Gasteiger charge is 2.13. The van der Waals surface area contributed by atoms with Crippen LogP contribution in [0.3, 0.4) is 0 Å². The predicted octanol–water partition coefficient (Wildman–Crippen LogP) is 1.55. The molecule has 1 aromatic rings. The molecule has 98 valence electrons. The summed E-state index contributed by atoms with van der Waals surface area (Å²) in [6.07, 6.45) is 3.37. The number of piperidine rings is 1. The van der Waals surface area contributed by atoms with Gasteiger partial charge in [0.05, 0.1) is 6.61 Å². The normalized spacial score (nSPS) is 16.4. The van der Waals surface area contributed by atoms with Crippen molar-refractivity contribution < 1.29 is 14.6 Å². The summed E-state index contributed by atoms with van der Waals surface area (Å²) in [7, 11) is 0. The zero-order chi connectivity index (χ0) is 12.8. The second-order valence-corrected chi connectivity index (χ2v) is 4.50. The Morgan fingerprint density at radius 1 is 1.44 bits per heavy atom. The van der Waals surface area contributed by atoms with Gasteiger partial charge in [0.2, 0.25) is 5.88 Å². The Morgan fingerprint density at radius 3 is 2.94 bits per heavy atom. The van der Waals surface area contributed by atoms with E-state index in [0.717, 1.165) is 19.5 Å². The number of carboxylic acids is 1. The molecule has 0 amide bonds. The molecule has 0 unspecified atom stereocenters. The molecule has 0 bridgehead atoms. The molecular weight excluding hydrogens is 232 g/mol. The average Bonchev–Trinajstić information content (AvgIpc) is 2.40. The van der Waals surface area contributed by atoms with Gasteiger partial charge in [0.25, 0.3) is 0 Å². The van der Waals surface area contributed by atoms with Crippen LogP contribution < -0.4 is 10.1 Å². The van der Waals surface area contributed by atoms with Gasteiger partial charge < -0.3 is 15.2 Å². The first-order chi connectivity index (χ1) is 8.75. The molecule has 5 nitrogen and oxygen atoms in total. The topological polar surface area (TPSA) is 71.5 Å². The van der Waals surface area contributed by atoms with E-state index in [-0.39, 0.29) is 5.69 Å². The highest BCUT2D eigenvalue weighted by atomic mass is 16.5. The smallest absolute Gasteiger partial charge is 0.354 e. The van der Waals surface area contributed by atoms with Gasteiger partial charge >= 0.3 is 5.97 Å². The summed E-state index contributed by atoms with van der Waals surface area (Å²) < 4.78 is 5.50. The van der Waals surface area contributed by atoms with E-state index in [1.165, 1.54) is 18.9 Å². The number of hydrogen-bond donors (Lipinski definition) is 2. The predicted molar refractivity (Wildman–Crippen MR) is 66.9 cm³/mol. The average molecular weight is 250 g/mol. The van der Waals surface area contributed by atoms with Gasteiger partial charge in [-0.3, -0.25) is 0 Å². The molecule has 1 aromatic heterocycles. The number of nitrogens with one attached hydrogen (secondary N) is 1. The van der Waals surface area contributed by atoms with E-state index in [0.29, 0.717) is 18.4 Å². The molecule has 0 saturated carbocycles. The third kappa shape index (κ3) is 3.70. The summed E-state index contributed by atoms with van der Waals surface area (Å²) in [5, 5.41) is 12.1. The zero-order valence-corrected chi connectivity index (χ0v) is 10.3. The van der Waals surface area contributed by atoms with Crippen LogP contribution in [-0.4, -0.2) is 35.8 Å². The number of rotatable bonds is 5. The Balaban J connectivity index is 1.78. The van der Waals surface area contributed by atoms with E-state index < -0.39 is 5.97 Å². The first-order valence-corrected chi connectivity index (χ1v) is 6.29. The SMILES string of the molecule is O=C(O)c1cccc(OCCC2CCNCC2)n1. The lowest BCUT2D eigenvalue weighted by atomic mass is 9.95. The maximum atomic E-state index is 10.7. The summed E-state index contributed by atoms with van der Waals surface area (Å²) in [6, 6.07) is 4.80. The Bertz CT molecular complexity index is 403. The minimum absolute atomic E-state index is 0.0226. The van der Waals surface area contributed by atoms with Crippen molar-refractivity contribution in [2.75, 3.05) is 19.7 Å². The van der Waals surface area contributed by atoms with Crippen LogP contribution in [0, 0.1) is 5.92 Å². The molecule has 1 aliphatic heterocycles. The fraction of sp³-hybridized carbons (Fsp3) is 0.538. The van der Waals surface area contributed by atoms with Crippen molar-refractivity contribution in [3.63, 3.8) is 0 Å². The Hall–Kier alpha value is -1.62. The van der Waals surface area contributed by atoms with E-state index in [4.69, 9.17) is 9.84 Å². The highest BCUT2D eigenvalue weighted by molar-refractivity contribution is 5.85. The van der Waals surface area contributed by atoms with Crippen LogP contribution in [0.25, 0.3) is 0 Å². The molecule has 1 saturated heterocycles. The maximum Gasteiger partial charge on any atom is 0.354 e. The molecule has 5 heteroatoms. The summed E-state index contributed by atoms with van der Waals surface area (Å²) in [5.74, 6) is 0.0662. The number of ether oxygens (including phenoxy) is 1. The van der Waals surface area contributed by atoms with Gasteiger partial charge in [0, 0.05) is 6.07 Å². The van der Waals surface area contributed by atoms with E-state index in [1.54, 1.807) is 12.1 Å². The van der Waals surface area contributed by atoms with E-state index >= 15 is 0 Å². The molecule has 2 rings (SSSR count). The second kappa shape index (κ2) is 6.35. The second-order valence-electron chi connectivity index (χ2n) is 4.50. The van der Waals surface area contributed by atoms with Gasteiger partial charge in [-0.2, -0.15) is 0 Å². The molecule has 0 aromatic carbocycles. The Labute approximate surface area is 106 Å². The number of aromatic carboxylic acids is 1. The molecule has 18 heavy (non-hydrogen) atoms. The van der Waals surface area contributed by atoms with Crippen molar-refractivity contribution in [1.82, 2.24) is 10.3 Å². The Kier molecular flexibility index (Phi) is 4.52. The fourth-order valence-corrected chi connectivity index (χ4v) is 2.11. The quantitative estimate of drug-likeness (QED) is 0.829. The number of pyridine rings is 1. The lowest BCUT2D eigenvalue weighted by Gasteiger charge is -2.22. The molecule has 1 aliphatic rings. The fourth-order valence-electron chi connectivity index (χ4n) is 2.11. The van der Waals surface area contributed by atoms with E-state index in [9.17, 15) is 4.79 Å². The van der Waals surface area contributed by atoms with Crippen molar-refractivity contribution in [2.24, 2.45) is 5.92 Å². The van der Waals surface area contributed by atoms with E-state index in [1.807, 2.05) is 0 Å². The summed E-state index contributed by atoms with van der Waals surface area (Å²) in [6.45, 7) is 2.76. The van der Waals surface area contributed by atoms with Crippen molar-refractivity contribution >= 4 is 5.97 Å². The first kappa shape index (κ1) is 12.8. The summed E-state index contributed by atoms with van der Waals surface area (Å²) in [5.41, 5.74) is 0.0226. The third-order valence-corrected chi connectivity index (χ3v) is 3.18. The van der Waals surface area contributed by atoms with Gasteiger partial charge in [-0.25, -0.2) is 9.78 Å². The van der Waals surface area contributed by atoms with Crippen LogP contribution in [0.15, 0.2) is 18.2 Å². The first-order valence-electron chi connectivity index (χ1n) is 6.29. The van der Waals surface area contributed by atoms with Crippen molar-refractivity contribution in [2.45, 2.75) is 19.3 Å². The molecule has 0 aliphatic carbocycles. The molecule has 0 radical (unpaired) electrons. The minimum atomic E-state index is -1.03. The zero-order valence-electron chi connectivity index (χ0n) is 10.3. The monoisotopic (exact) mass is 250 g/mol. The molecular formula is C13H18N2O3. The van der Waals surface area contributed by atoms with Crippen LogP contribution in [-0.2, 0) is 0 Å². The number of carboxylic acid groups (broad SMARTS) is 1. The van der Waals surface area contributed by atoms with Gasteiger partial charge in [0.15, 0.2) is 5.69 Å². The molecule has 2 N–H and O–H groups in total. The minimum Gasteiger partial charge on any atom is -0.478 e. The summed E-state index contributed by atoms with van der Waals surface area (Å²) in [4.78, 5) is 14.7. The maximum absolute atomic E-state index is 10.7. The van der Waals surface area contributed by atoms with Crippen LogP contribution in [0.1, 0.15) is 29.8 Å². The number of nitrogens with zero attached hydrogens (tertiary/aromatic N) is 1. The van der Waals surface area contributed by atoms with E-state index in [2.05, 4.69) is 10.3 Å². The lowest BCUT2D eigenvalue weighted by molar-refractivity contribution is 0.0689. The van der Waals surface area contributed by atoms with Crippen molar-refractivity contribution in [3.05, 3.63) is 23.9 Å². The standard InChI is InChI=1S/C13H18N2O3/c16-13(17)11-2-1-3-12(15-11)18-9-6-10-4-7-14-8-5-10/h1-3,10,14H,4-9H2,(H,16,17). The number of hydrogen-bond acceptors (Lipinski definition) is 4. The third-order valence-electron chi connectivity index (χ3n) is 3.18. The lowest BCUT2D eigenvalue weighted by Crippen LogP contribution is -2.28. The molecule has 1 fully saturated rings. The molecule has 2 heterocycles. The van der Waals surface area contributed by atoms with Gasteiger partial charge in [-0.15, -0.1) is 0 Å². The number of aromatic nitrogens is 1. The molecule has 0 atom stereocenters. The van der Waals surface area contributed by atoms with Gasteiger partial charge in [-0.05, 0) is 44.3 Å². The van der Waals surface area contributed by atoms with Crippen LogP contribution in [0.4, 0.5) is 0 Å². The van der Waals surface area contributed by atoms with Crippen LogP contribution in [0.5, 0.6) is 5.88 Å². The van der Waals surface area contributed by atoms with Crippen molar-refractivity contribution in [1.29, 1.82) is 0 Å². The highest BCUT2D eigenvalue weighted by Crippen LogP contribution is 2.16. The van der Waals surface area contributed by atoms with Crippen LogP contribution >= 0.6 is 0 Å². The van der Waals surface area contributed by atoms with Crippen molar-refractivity contribution in [3.8, 4) is 5.88 Å². The molecule has 0 spiro atoms. The van der Waals surface area contributed by atoms with Crippen LogP contribution in [0.2, 0.25) is 0 Å². The van der Waals surface area contributed by atoms with Gasteiger partial charge in [-0.1, -0.05) is 6.07 Å². The largest absolute Gasteiger partial charge is 0.478 e. The summed E-state index contributed by atoms with van der Waals surface area (Å²) >= 11 is 0.